The largest absolute Gasteiger partial charge is 0.490 e. The van der Waals surface area contributed by atoms with Gasteiger partial charge in [-0.3, -0.25) is 0 Å². The van der Waals surface area contributed by atoms with Crippen molar-refractivity contribution in [2.24, 2.45) is 17.0 Å². The van der Waals surface area contributed by atoms with E-state index in [1.54, 1.807) is 25.1 Å². The maximum absolute atomic E-state index is 12.0. The van der Waals surface area contributed by atoms with E-state index in [1.165, 1.54) is 11.1 Å². The molecule has 6 atom stereocenters. The Balaban J connectivity index is 1.23. The number of aryl methyl sites for hydroxylation is 1. The zero-order valence-electron chi connectivity index (χ0n) is 24.5. The molecule has 3 N–H and O–H groups in total. The van der Waals surface area contributed by atoms with Gasteiger partial charge in [0.1, 0.15) is 5.75 Å². The molecule has 0 unspecified atom stereocenters. The molecule has 1 spiro atoms. The third-order valence-corrected chi connectivity index (χ3v) is 11.6. The minimum Gasteiger partial charge on any atom is -0.490 e. The molecule has 2 aromatic carbocycles. The first-order valence-corrected chi connectivity index (χ1v) is 17.3. The van der Waals surface area contributed by atoms with Crippen LogP contribution in [0, 0.1) is 11.8 Å². The van der Waals surface area contributed by atoms with Crippen LogP contribution >= 0.6 is 11.6 Å². The number of nitrogens with two attached hydrogens (primary N) is 1. The number of halogens is 1. The second-order valence-corrected chi connectivity index (χ2v) is 15.3. The monoisotopic (exact) mass is 632 g/mol. The lowest BCUT2D eigenvalue weighted by Gasteiger charge is -2.47. The maximum Gasteiger partial charge on any atom is 0.335 e. The Bertz CT molecular complexity index is 1470. The van der Waals surface area contributed by atoms with Crippen molar-refractivity contribution in [2.75, 3.05) is 37.8 Å². The Hall–Kier alpha value is -2.37. The number of ether oxygens (including phenoxy) is 3. The Labute approximate surface area is 258 Å². The summed E-state index contributed by atoms with van der Waals surface area (Å²) in [6.07, 6.45) is 6.52. The van der Waals surface area contributed by atoms with Crippen molar-refractivity contribution in [2.45, 2.75) is 74.7 Å². The molecule has 2 aliphatic heterocycles. The van der Waals surface area contributed by atoms with Crippen molar-refractivity contribution in [1.82, 2.24) is 0 Å². The second-order valence-electron chi connectivity index (χ2n) is 12.9. The lowest BCUT2D eigenvalue weighted by atomic mass is 9.67. The number of aromatic carboxylic acids is 1. The summed E-state index contributed by atoms with van der Waals surface area (Å²) < 4.78 is 42.0. The number of anilines is 1. The number of carboxylic acid groups (broad SMARTS) is 1. The first-order chi connectivity index (χ1) is 20.5. The van der Waals surface area contributed by atoms with Crippen LogP contribution in [-0.2, 0) is 31.3 Å². The summed E-state index contributed by atoms with van der Waals surface area (Å²) in [5.74, 6) is 0.451. The molecule has 6 rings (SSSR count). The number of primary sulfonamides is 1. The molecule has 9 nitrogen and oxygen atoms in total. The quantitative estimate of drug-likeness (QED) is 0.426. The fourth-order valence-corrected chi connectivity index (χ4v) is 7.92. The van der Waals surface area contributed by atoms with E-state index in [0.29, 0.717) is 30.8 Å². The van der Waals surface area contributed by atoms with Crippen molar-refractivity contribution in [3.63, 3.8) is 0 Å². The van der Waals surface area contributed by atoms with Crippen LogP contribution in [0.2, 0.25) is 5.02 Å². The highest BCUT2D eigenvalue weighted by atomic mass is 35.5. The summed E-state index contributed by atoms with van der Waals surface area (Å²) in [6, 6.07) is 11.4. The number of carbonyl (C=O) groups is 1. The number of fused-ring (bicyclic) bond motifs is 3. The van der Waals surface area contributed by atoms with Crippen LogP contribution in [-0.4, -0.2) is 69.9 Å². The average Bonchev–Trinajstić information content (AvgIpc) is 3.10. The first-order valence-electron chi connectivity index (χ1n) is 15.3. The maximum atomic E-state index is 12.0. The van der Waals surface area contributed by atoms with Gasteiger partial charge in [-0.25, -0.2) is 18.4 Å². The first kappa shape index (κ1) is 30.6. The van der Waals surface area contributed by atoms with E-state index in [1.807, 2.05) is 6.07 Å². The third-order valence-electron chi connectivity index (χ3n) is 10.1. The van der Waals surface area contributed by atoms with Crippen molar-refractivity contribution in [1.29, 1.82) is 0 Å². The minimum atomic E-state index is -3.64. The van der Waals surface area contributed by atoms with Crippen molar-refractivity contribution in [3.05, 3.63) is 58.1 Å². The molecule has 2 aliphatic carbocycles. The highest BCUT2D eigenvalue weighted by molar-refractivity contribution is 7.89. The van der Waals surface area contributed by atoms with Crippen molar-refractivity contribution < 1.29 is 32.5 Å². The summed E-state index contributed by atoms with van der Waals surface area (Å²) in [5.41, 5.74) is 3.37. The van der Waals surface area contributed by atoms with E-state index < -0.39 is 21.2 Å². The molecule has 1 saturated heterocycles. The topological polar surface area (TPSA) is 128 Å². The van der Waals surface area contributed by atoms with Crippen LogP contribution in [0.1, 0.15) is 66.9 Å². The number of carboxylic acids is 1. The summed E-state index contributed by atoms with van der Waals surface area (Å²) in [7, 11) is -3.64. The minimum absolute atomic E-state index is 0.0295. The zero-order valence-corrected chi connectivity index (χ0v) is 26.1. The molecular weight excluding hydrogens is 592 g/mol. The van der Waals surface area contributed by atoms with Crippen LogP contribution in [0.25, 0.3) is 0 Å². The SMILES string of the molecule is C[C@@H](CO[C@H]1CCO[C@H]([C@@H]2CC[C@H]2CN2C[C@@]3(CCCc4cc(Cl)ccc43)COc3ccc(C(=O)O)cc32)C1)S(N)(=O)=O. The van der Waals surface area contributed by atoms with Gasteiger partial charge < -0.3 is 24.2 Å². The summed E-state index contributed by atoms with van der Waals surface area (Å²) in [6.45, 7) is 4.24. The van der Waals surface area contributed by atoms with Crippen molar-refractivity contribution in [3.8, 4) is 5.75 Å². The molecule has 1 saturated carbocycles. The third kappa shape index (κ3) is 6.40. The molecular formula is C32H41ClN2O7S. The standard InChI is InChI=1S/C32H41ClN2O7S/c1-20(43(34,38)39)17-41-25-10-12-40-30(15-25)26-7-4-23(26)16-35-18-32(11-2-3-21-13-24(33)6-8-27(21)32)19-42-29-9-5-22(31(36)37)14-28(29)35/h5-6,8-9,13-14,20,23,25-26,30H,2-4,7,10-12,15-19H2,1H3,(H,36,37)(H2,34,38,39)/t20-,23-,25-,26+,30-,32-/m0/s1. The number of benzene rings is 2. The summed E-state index contributed by atoms with van der Waals surface area (Å²) in [4.78, 5) is 14.3. The highest BCUT2D eigenvalue weighted by Gasteiger charge is 2.45. The lowest BCUT2D eigenvalue weighted by Crippen LogP contribution is -2.51. The fourth-order valence-electron chi connectivity index (χ4n) is 7.45. The second kappa shape index (κ2) is 12.2. The van der Waals surface area contributed by atoms with Gasteiger partial charge >= 0.3 is 5.97 Å². The molecule has 2 heterocycles. The van der Waals surface area contributed by atoms with Gasteiger partial charge in [-0.05, 0) is 98.7 Å². The van der Waals surface area contributed by atoms with Gasteiger partial charge in [-0.2, -0.15) is 0 Å². The van der Waals surface area contributed by atoms with Crippen LogP contribution in [0.15, 0.2) is 36.4 Å². The molecule has 2 fully saturated rings. The predicted molar refractivity (Wildman–Crippen MR) is 165 cm³/mol. The van der Waals surface area contributed by atoms with E-state index in [4.69, 9.17) is 31.0 Å². The van der Waals surface area contributed by atoms with E-state index in [0.717, 1.165) is 68.7 Å². The van der Waals surface area contributed by atoms with Gasteiger partial charge in [0.15, 0.2) is 0 Å². The van der Waals surface area contributed by atoms with Gasteiger partial charge in [-0.15, -0.1) is 0 Å². The van der Waals surface area contributed by atoms with E-state index in [2.05, 4.69) is 17.0 Å². The van der Waals surface area contributed by atoms with Crippen LogP contribution in [0.3, 0.4) is 0 Å². The smallest absolute Gasteiger partial charge is 0.335 e. The zero-order chi connectivity index (χ0) is 30.4. The van der Waals surface area contributed by atoms with E-state index >= 15 is 0 Å². The molecule has 234 valence electrons. The molecule has 0 amide bonds. The number of hydrogen-bond acceptors (Lipinski definition) is 7. The highest BCUT2D eigenvalue weighted by Crippen LogP contribution is 2.47. The normalized spacial score (nSPS) is 29.5. The summed E-state index contributed by atoms with van der Waals surface area (Å²) in [5, 5.41) is 15.1. The number of nitrogens with zero attached hydrogens (tertiary/aromatic N) is 1. The number of rotatable bonds is 8. The van der Waals surface area contributed by atoms with Gasteiger partial charge in [0.2, 0.25) is 10.0 Å². The van der Waals surface area contributed by atoms with Gasteiger partial charge in [0.25, 0.3) is 0 Å². The molecule has 0 radical (unpaired) electrons. The predicted octanol–water partition coefficient (Wildman–Crippen LogP) is 4.78. The molecule has 4 aliphatic rings. The molecule has 0 aromatic heterocycles. The van der Waals surface area contributed by atoms with E-state index in [9.17, 15) is 18.3 Å². The molecule has 11 heteroatoms. The number of hydrogen-bond donors (Lipinski definition) is 2. The Morgan fingerprint density at radius 1 is 1.23 bits per heavy atom. The Kier molecular flexibility index (Phi) is 8.69. The van der Waals surface area contributed by atoms with Crippen LogP contribution in [0.4, 0.5) is 5.69 Å². The lowest BCUT2D eigenvalue weighted by molar-refractivity contribution is -0.116. The van der Waals surface area contributed by atoms with Gasteiger partial charge in [0, 0.05) is 36.6 Å². The van der Waals surface area contributed by atoms with Crippen LogP contribution < -0.4 is 14.8 Å². The Morgan fingerprint density at radius 3 is 2.81 bits per heavy atom. The molecule has 43 heavy (non-hydrogen) atoms. The Morgan fingerprint density at radius 2 is 2.07 bits per heavy atom. The molecule has 0 bridgehead atoms. The fraction of sp³-hybridized carbons (Fsp3) is 0.594. The molecule has 2 aromatic rings. The van der Waals surface area contributed by atoms with Gasteiger partial charge in [-0.1, -0.05) is 17.7 Å². The van der Waals surface area contributed by atoms with Crippen molar-refractivity contribution >= 4 is 33.3 Å². The van der Waals surface area contributed by atoms with E-state index in [-0.39, 0.29) is 29.8 Å². The summed E-state index contributed by atoms with van der Waals surface area (Å²) >= 11 is 6.38. The number of sulfonamides is 1. The van der Waals surface area contributed by atoms with Gasteiger partial charge in [0.05, 0.1) is 41.9 Å². The van der Waals surface area contributed by atoms with Crippen LogP contribution in [0.5, 0.6) is 5.75 Å². The average molecular weight is 633 g/mol.